The Hall–Kier alpha value is -1.55. The molecule has 4 heteroatoms. The van der Waals surface area contributed by atoms with Crippen LogP contribution in [0.25, 0.3) is 0 Å². The summed E-state index contributed by atoms with van der Waals surface area (Å²) in [6, 6.07) is 10.4. The summed E-state index contributed by atoms with van der Waals surface area (Å²) in [5.74, 6) is 0. The summed E-state index contributed by atoms with van der Waals surface area (Å²) < 4.78 is 38.4. The molecule has 0 amide bonds. The van der Waals surface area contributed by atoms with Crippen molar-refractivity contribution >= 4 is 0 Å². The summed E-state index contributed by atoms with van der Waals surface area (Å²) >= 11 is 0. The lowest BCUT2D eigenvalue weighted by Crippen LogP contribution is -2.38. The number of nitrogens with zero attached hydrogens (tertiary/aromatic N) is 1. The zero-order valence-electron chi connectivity index (χ0n) is 11.7. The van der Waals surface area contributed by atoms with Crippen LogP contribution >= 0.6 is 0 Å². The van der Waals surface area contributed by atoms with Crippen LogP contribution in [-0.2, 0) is 6.54 Å². The quantitative estimate of drug-likeness (QED) is 0.795. The molecule has 112 valence electrons. The van der Waals surface area contributed by atoms with Crippen molar-refractivity contribution in [2.45, 2.75) is 44.1 Å². The van der Waals surface area contributed by atoms with E-state index < -0.39 is 11.7 Å². The third-order valence-electron chi connectivity index (χ3n) is 4.48. The van der Waals surface area contributed by atoms with E-state index in [0.29, 0.717) is 12.0 Å². The van der Waals surface area contributed by atoms with Crippen molar-refractivity contribution in [3.05, 3.63) is 59.7 Å². The number of rotatable bonds is 3. The molecular formula is C17H18F3N. The third kappa shape index (κ3) is 2.91. The Morgan fingerprint density at radius 2 is 1.90 bits per heavy atom. The fourth-order valence-electron chi connectivity index (χ4n) is 3.36. The van der Waals surface area contributed by atoms with E-state index in [-0.39, 0.29) is 12.1 Å². The van der Waals surface area contributed by atoms with Crippen LogP contribution in [0.2, 0.25) is 0 Å². The smallest absolute Gasteiger partial charge is 0.289 e. The van der Waals surface area contributed by atoms with E-state index in [1.54, 1.807) is 6.08 Å². The molecule has 0 aromatic heterocycles. The van der Waals surface area contributed by atoms with E-state index in [1.165, 1.54) is 5.56 Å². The molecular weight excluding hydrogens is 275 g/mol. The van der Waals surface area contributed by atoms with Gasteiger partial charge in [-0.25, -0.2) is 0 Å². The summed E-state index contributed by atoms with van der Waals surface area (Å²) in [5, 5.41) is 0. The Balaban J connectivity index is 1.77. The number of fused-ring (bicyclic) bond motifs is 2. The lowest BCUT2D eigenvalue weighted by Gasteiger charge is -2.34. The molecule has 0 spiro atoms. The van der Waals surface area contributed by atoms with Crippen molar-refractivity contribution < 1.29 is 13.2 Å². The van der Waals surface area contributed by atoms with Crippen molar-refractivity contribution in [3.63, 3.8) is 0 Å². The summed E-state index contributed by atoms with van der Waals surface area (Å²) in [4.78, 5) is 2.32. The zero-order chi connectivity index (χ0) is 15.0. The van der Waals surface area contributed by atoms with Crippen molar-refractivity contribution in [1.82, 2.24) is 4.90 Å². The van der Waals surface area contributed by atoms with Gasteiger partial charge < -0.3 is 0 Å². The van der Waals surface area contributed by atoms with Gasteiger partial charge in [0.2, 0.25) is 0 Å². The van der Waals surface area contributed by atoms with E-state index in [2.05, 4.69) is 23.6 Å². The summed E-state index contributed by atoms with van der Waals surface area (Å²) in [6.07, 6.45) is -0.175. The zero-order valence-corrected chi connectivity index (χ0v) is 11.7. The van der Waals surface area contributed by atoms with Crippen molar-refractivity contribution in [1.29, 1.82) is 0 Å². The van der Waals surface area contributed by atoms with Gasteiger partial charge in [-0.15, -0.1) is 0 Å². The molecule has 1 saturated heterocycles. The molecule has 2 atom stereocenters. The van der Waals surface area contributed by atoms with Crippen LogP contribution in [0.3, 0.4) is 0 Å². The van der Waals surface area contributed by atoms with Gasteiger partial charge in [0.05, 0.1) is 5.57 Å². The Labute approximate surface area is 122 Å². The maximum Gasteiger partial charge on any atom is 0.416 e. The largest absolute Gasteiger partial charge is 0.416 e. The number of hydrogen-bond acceptors (Lipinski definition) is 1. The molecule has 0 N–H and O–H groups in total. The number of halogens is 3. The molecule has 1 aromatic carbocycles. The number of benzene rings is 1. The van der Waals surface area contributed by atoms with Crippen molar-refractivity contribution in [2.75, 3.05) is 0 Å². The second-order valence-electron chi connectivity index (χ2n) is 5.83. The molecule has 2 unspecified atom stereocenters. The van der Waals surface area contributed by atoms with Crippen LogP contribution in [0.4, 0.5) is 13.2 Å². The highest BCUT2D eigenvalue weighted by Gasteiger charge is 2.41. The van der Waals surface area contributed by atoms with Crippen LogP contribution in [0.15, 0.2) is 54.1 Å². The maximum atomic E-state index is 12.8. The lowest BCUT2D eigenvalue weighted by molar-refractivity contribution is -0.0896. The minimum atomic E-state index is -4.31. The van der Waals surface area contributed by atoms with E-state index >= 15 is 0 Å². The van der Waals surface area contributed by atoms with E-state index in [1.807, 2.05) is 18.2 Å². The first-order chi connectivity index (χ1) is 9.95. The predicted octanol–water partition coefficient (Wildman–Crippen LogP) is 4.47. The molecule has 0 aliphatic carbocycles. The molecule has 1 fully saturated rings. The standard InChI is InChI=1S/C17H18F3N/c1-12(17(18,19)20)14-9-15-7-8-16(10-14)21(15)11-13-5-3-2-4-6-13/h2-6,9,15-16H,1,7-8,10-11H2. The highest BCUT2D eigenvalue weighted by atomic mass is 19.4. The van der Waals surface area contributed by atoms with Crippen LogP contribution < -0.4 is 0 Å². The molecule has 1 aromatic rings. The van der Waals surface area contributed by atoms with Gasteiger partial charge in [0.1, 0.15) is 0 Å². The van der Waals surface area contributed by atoms with Gasteiger partial charge in [-0.3, -0.25) is 4.90 Å². The Morgan fingerprint density at radius 3 is 2.52 bits per heavy atom. The SMILES string of the molecule is C=C(C1=CC2CCC(C1)N2Cc1ccccc1)C(F)(F)F. The van der Waals surface area contributed by atoms with Gasteiger partial charge in [-0.05, 0) is 30.4 Å². The van der Waals surface area contributed by atoms with Crippen molar-refractivity contribution in [2.24, 2.45) is 0 Å². The second kappa shape index (κ2) is 5.34. The fraction of sp³-hybridized carbons (Fsp3) is 0.412. The summed E-state index contributed by atoms with van der Waals surface area (Å²) in [6.45, 7) is 4.05. The maximum absolute atomic E-state index is 12.8. The van der Waals surface area contributed by atoms with E-state index in [0.717, 1.165) is 19.4 Å². The fourth-order valence-corrected chi connectivity index (χ4v) is 3.36. The van der Waals surface area contributed by atoms with Gasteiger partial charge >= 0.3 is 6.18 Å². The molecule has 3 rings (SSSR count). The molecule has 1 nitrogen and oxygen atoms in total. The van der Waals surface area contributed by atoms with Gasteiger partial charge in [-0.1, -0.05) is 43.0 Å². The average molecular weight is 293 g/mol. The molecule has 2 heterocycles. The van der Waals surface area contributed by atoms with Crippen LogP contribution in [0, 0.1) is 0 Å². The third-order valence-corrected chi connectivity index (χ3v) is 4.48. The Kier molecular flexibility index (Phi) is 3.66. The predicted molar refractivity (Wildman–Crippen MR) is 76.7 cm³/mol. The Bertz CT molecular complexity index is 559. The molecule has 2 aliphatic rings. The van der Waals surface area contributed by atoms with Crippen LogP contribution in [0.5, 0.6) is 0 Å². The molecule has 0 saturated carbocycles. The van der Waals surface area contributed by atoms with Gasteiger partial charge in [0.25, 0.3) is 0 Å². The topological polar surface area (TPSA) is 3.24 Å². The molecule has 0 radical (unpaired) electrons. The molecule has 2 aliphatic heterocycles. The first kappa shape index (κ1) is 14.4. The monoisotopic (exact) mass is 293 g/mol. The second-order valence-corrected chi connectivity index (χ2v) is 5.83. The molecule has 21 heavy (non-hydrogen) atoms. The first-order valence-corrected chi connectivity index (χ1v) is 7.22. The summed E-state index contributed by atoms with van der Waals surface area (Å²) in [5.41, 5.74) is 0.930. The highest BCUT2D eigenvalue weighted by Crippen LogP contribution is 2.41. The number of hydrogen-bond donors (Lipinski definition) is 0. The Morgan fingerprint density at radius 1 is 1.19 bits per heavy atom. The van der Waals surface area contributed by atoms with E-state index in [4.69, 9.17) is 0 Å². The lowest BCUT2D eigenvalue weighted by atomic mass is 9.94. The first-order valence-electron chi connectivity index (χ1n) is 7.22. The summed E-state index contributed by atoms with van der Waals surface area (Å²) in [7, 11) is 0. The normalized spacial score (nSPS) is 25.8. The van der Waals surface area contributed by atoms with Crippen molar-refractivity contribution in [3.8, 4) is 0 Å². The minimum Gasteiger partial charge on any atom is -0.289 e. The van der Waals surface area contributed by atoms with Crippen LogP contribution in [0.1, 0.15) is 24.8 Å². The van der Waals surface area contributed by atoms with Gasteiger partial charge in [0.15, 0.2) is 0 Å². The van der Waals surface area contributed by atoms with Crippen LogP contribution in [-0.4, -0.2) is 23.2 Å². The van der Waals surface area contributed by atoms with E-state index in [9.17, 15) is 13.2 Å². The average Bonchev–Trinajstić information content (AvgIpc) is 2.69. The highest BCUT2D eigenvalue weighted by molar-refractivity contribution is 5.37. The van der Waals surface area contributed by atoms with Gasteiger partial charge in [0, 0.05) is 18.6 Å². The number of alkyl halides is 3. The number of allylic oxidation sites excluding steroid dienone is 1. The van der Waals surface area contributed by atoms with Gasteiger partial charge in [-0.2, -0.15) is 13.2 Å². The molecule has 2 bridgehead atoms. The minimum absolute atomic E-state index is 0.109.